The number of nitrogens with zero attached hydrogens (tertiary/aromatic N) is 2. The molecule has 9 heteroatoms. The molecular weight excluding hydrogens is 318 g/mol. The van der Waals surface area contributed by atoms with E-state index >= 15 is 0 Å². The summed E-state index contributed by atoms with van der Waals surface area (Å²) in [4.78, 5) is 4.06. The molecule has 23 heavy (non-hydrogen) atoms. The SMILES string of the molecule is NCC1(F)CC(c2nc(-c3ccccc3OC(F)(F)F)no2)C1. The minimum absolute atomic E-state index is 0.0380. The molecule has 0 radical (unpaired) electrons. The lowest BCUT2D eigenvalue weighted by Crippen LogP contribution is -2.44. The maximum atomic E-state index is 13.8. The lowest BCUT2D eigenvalue weighted by Gasteiger charge is -2.38. The maximum absolute atomic E-state index is 13.8. The first-order valence-corrected chi connectivity index (χ1v) is 6.87. The van der Waals surface area contributed by atoms with Crippen LogP contribution in [-0.2, 0) is 0 Å². The van der Waals surface area contributed by atoms with Crippen molar-refractivity contribution in [2.24, 2.45) is 5.73 Å². The van der Waals surface area contributed by atoms with Gasteiger partial charge in [0.15, 0.2) is 0 Å². The van der Waals surface area contributed by atoms with Crippen molar-refractivity contribution in [3.63, 3.8) is 0 Å². The van der Waals surface area contributed by atoms with Gasteiger partial charge in [-0.15, -0.1) is 13.2 Å². The summed E-state index contributed by atoms with van der Waals surface area (Å²) in [7, 11) is 0. The number of halogens is 4. The number of alkyl halides is 4. The average molecular weight is 331 g/mol. The largest absolute Gasteiger partial charge is 0.573 e. The summed E-state index contributed by atoms with van der Waals surface area (Å²) >= 11 is 0. The molecule has 2 aromatic rings. The van der Waals surface area contributed by atoms with Crippen molar-refractivity contribution >= 4 is 0 Å². The van der Waals surface area contributed by atoms with E-state index in [9.17, 15) is 17.6 Å². The van der Waals surface area contributed by atoms with Gasteiger partial charge in [-0.1, -0.05) is 17.3 Å². The molecular formula is C14H13F4N3O2. The summed E-state index contributed by atoms with van der Waals surface area (Å²) in [5, 5.41) is 3.67. The first-order chi connectivity index (χ1) is 10.8. The predicted molar refractivity (Wildman–Crippen MR) is 71.3 cm³/mol. The Kier molecular flexibility index (Phi) is 3.75. The molecule has 1 aliphatic rings. The Bertz CT molecular complexity index is 695. The Balaban J connectivity index is 1.82. The van der Waals surface area contributed by atoms with Crippen molar-refractivity contribution in [1.82, 2.24) is 10.1 Å². The van der Waals surface area contributed by atoms with Crippen LogP contribution >= 0.6 is 0 Å². The zero-order chi connectivity index (χ0) is 16.7. The number of para-hydroxylation sites is 1. The van der Waals surface area contributed by atoms with Crippen LogP contribution in [0.5, 0.6) is 5.75 Å². The zero-order valence-corrected chi connectivity index (χ0v) is 11.8. The van der Waals surface area contributed by atoms with Crippen molar-refractivity contribution in [2.45, 2.75) is 30.8 Å². The molecule has 1 heterocycles. The van der Waals surface area contributed by atoms with Gasteiger partial charge in [-0.3, -0.25) is 0 Å². The van der Waals surface area contributed by atoms with E-state index in [-0.39, 0.29) is 42.6 Å². The molecule has 1 aromatic heterocycles. The highest BCUT2D eigenvalue weighted by atomic mass is 19.4. The molecule has 1 aliphatic carbocycles. The number of ether oxygens (including phenoxy) is 1. The fraction of sp³-hybridized carbons (Fsp3) is 0.429. The van der Waals surface area contributed by atoms with Gasteiger partial charge in [0, 0.05) is 12.5 Å². The van der Waals surface area contributed by atoms with E-state index in [2.05, 4.69) is 14.9 Å². The van der Waals surface area contributed by atoms with Crippen molar-refractivity contribution in [1.29, 1.82) is 0 Å². The van der Waals surface area contributed by atoms with E-state index in [1.807, 2.05) is 0 Å². The number of rotatable bonds is 4. The molecule has 5 nitrogen and oxygen atoms in total. The Hall–Kier alpha value is -2.16. The molecule has 3 rings (SSSR count). The molecule has 0 spiro atoms. The topological polar surface area (TPSA) is 74.2 Å². The Labute approximate surface area is 128 Å². The highest BCUT2D eigenvalue weighted by molar-refractivity contribution is 5.63. The minimum Gasteiger partial charge on any atom is -0.405 e. The van der Waals surface area contributed by atoms with Crippen molar-refractivity contribution in [3.05, 3.63) is 30.2 Å². The Morgan fingerprint density at radius 2 is 2.00 bits per heavy atom. The third kappa shape index (κ3) is 3.29. The van der Waals surface area contributed by atoms with Crippen LogP contribution in [0, 0.1) is 0 Å². The lowest BCUT2D eigenvalue weighted by atomic mass is 9.72. The highest BCUT2D eigenvalue weighted by Gasteiger charge is 2.47. The van der Waals surface area contributed by atoms with Crippen LogP contribution in [0.3, 0.4) is 0 Å². The quantitative estimate of drug-likeness (QED) is 0.871. The Morgan fingerprint density at radius 1 is 1.30 bits per heavy atom. The van der Waals surface area contributed by atoms with Crippen molar-refractivity contribution < 1.29 is 26.8 Å². The lowest BCUT2D eigenvalue weighted by molar-refractivity contribution is -0.274. The molecule has 0 saturated heterocycles. The van der Waals surface area contributed by atoms with Crippen molar-refractivity contribution in [3.8, 4) is 17.1 Å². The maximum Gasteiger partial charge on any atom is 0.573 e. The fourth-order valence-corrected chi connectivity index (χ4v) is 2.54. The molecule has 1 aromatic carbocycles. The summed E-state index contributed by atoms with van der Waals surface area (Å²) in [5.41, 5.74) is 3.93. The van der Waals surface area contributed by atoms with Crippen LogP contribution in [0.4, 0.5) is 17.6 Å². The third-order valence-electron chi connectivity index (χ3n) is 3.73. The summed E-state index contributed by atoms with van der Waals surface area (Å²) in [6.07, 6.45) is -4.51. The van der Waals surface area contributed by atoms with Crippen LogP contribution in [0.2, 0.25) is 0 Å². The predicted octanol–water partition coefficient (Wildman–Crippen LogP) is 3.18. The molecule has 124 valence electrons. The molecule has 1 fully saturated rings. The van der Waals surface area contributed by atoms with Gasteiger partial charge in [0.25, 0.3) is 0 Å². The minimum atomic E-state index is -4.83. The number of hydrogen-bond donors (Lipinski definition) is 1. The van der Waals surface area contributed by atoms with Gasteiger partial charge >= 0.3 is 6.36 Å². The smallest absolute Gasteiger partial charge is 0.405 e. The van der Waals surface area contributed by atoms with Gasteiger partial charge in [0.1, 0.15) is 11.4 Å². The van der Waals surface area contributed by atoms with Gasteiger partial charge in [0.2, 0.25) is 11.7 Å². The standard InChI is InChI=1S/C14H13F4N3O2/c15-13(7-19)5-8(6-13)12-20-11(21-23-12)9-3-1-2-4-10(9)22-14(16,17)18/h1-4,8H,5-7,19H2. The second kappa shape index (κ2) is 5.48. The van der Waals surface area contributed by atoms with Gasteiger partial charge < -0.3 is 15.0 Å². The van der Waals surface area contributed by atoms with Crippen LogP contribution in [0.1, 0.15) is 24.7 Å². The van der Waals surface area contributed by atoms with Crippen LogP contribution in [-0.4, -0.2) is 28.7 Å². The van der Waals surface area contributed by atoms with Gasteiger partial charge in [-0.2, -0.15) is 4.98 Å². The van der Waals surface area contributed by atoms with Gasteiger partial charge in [-0.05, 0) is 25.0 Å². The van der Waals surface area contributed by atoms with E-state index in [0.717, 1.165) is 6.07 Å². The fourth-order valence-electron chi connectivity index (χ4n) is 2.54. The second-order valence-electron chi connectivity index (χ2n) is 5.46. The van der Waals surface area contributed by atoms with Crippen LogP contribution in [0.15, 0.2) is 28.8 Å². The molecule has 0 atom stereocenters. The number of benzene rings is 1. The molecule has 2 N–H and O–H groups in total. The van der Waals surface area contributed by atoms with E-state index in [4.69, 9.17) is 10.3 Å². The summed E-state index contributed by atoms with van der Waals surface area (Å²) in [6.45, 7) is -0.0905. The highest BCUT2D eigenvalue weighted by Crippen LogP contribution is 2.46. The van der Waals surface area contributed by atoms with E-state index in [1.54, 1.807) is 0 Å². The molecule has 0 unspecified atom stereocenters. The van der Waals surface area contributed by atoms with Gasteiger partial charge in [-0.25, -0.2) is 4.39 Å². The molecule has 0 aliphatic heterocycles. The molecule has 0 bridgehead atoms. The van der Waals surface area contributed by atoms with E-state index < -0.39 is 17.8 Å². The van der Waals surface area contributed by atoms with E-state index in [1.165, 1.54) is 18.2 Å². The van der Waals surface area contributed by atoms with Gasteiger partial charge in [0.05, 0.1) is 5.56 Å². The summed E-state index contributed by atoms with van der Waals surface area (Å²) < 4.78 is 60.0. The number of nitrogens with two attached hydrogens (primary N) is 1. The van der Waals surface area contributed by atoms with Crippen LogP contribution in [0.25, 0.3) is 11.4 Å². The van der Waals surface area contributed by atoms with Crippen LogP contribution < -0.4 is 10.5 Å². The number of aromatic nitrogens is 2. The molecule has 0 amide bonds. The number of hydrogen-bond acceptors (Lipinski definition) is 5. The summed E-state index contributed by atoms with van der Waals surface area (Å²) in [5.74, 6) is -0.559. The average Bonchev–Trinajstić information content (AvgIpc) is 2.92. The van der Waals surface area contributed by atoms with E-state index in [0.29, 0.717) is 0 Å². The first-order valence-electron chi connectivity index (χ1n) is 6.87. The van der Waals surface area contributed by atoms with Crippen molar-refractivity contribution in [2.75, 3.05) is 6.54 Å². The monoisotopic (exact) mass is 331 g/mol. The zero-order valence-electron chi connectivity index (χ0n) is 11.8. The normalized spacial score (nSPS) is 24.3. The summed E-state index contributed by atoms with van der Waals surface area (Å²) in [6, 6.07) is 5.47. The molecule has 1 saturated carbocycles. The second-order valence-corrected chi connectivity index (χ2v) is 5.46. The Morgan fingerprint density at radius 3 is 2.65 bits per heavy atom. The third-order valence-corrected chi connectivity index (χ3v) is 3.73. The first kappa shape index (κ1) is 15.7.